The van der Waals surface area contributed by atoms with Gasteiger partial charge in [-0.25, -0.2) is 0 Å². The number of fused-ring (bicyclic) bond motifs is 1. The van der Waals surface area contributed by atoms with E-state index in [9.17, 15) is 0 Å². The fraction of sp³-hybridized carbons (Fsp3) is 0.368. The summed E-state index contributed by atoms with van der Waals surface area (Å²) in [7, 11) is 3.76. The van der Waals surface area contributed by atoms with E-state index in [0.717, 1.165) is 35.6 Å². The molecule has 0 spiro atoms. The minimum Gasteiger partial charge on any atom is -0.291 e. The van der Waals surface area contributed by atoms with Gasteiger partial charge in [0.05, 0.1) is 21.0 Å². The Balaban J connectivity index is 1.55. The minimum atomic E-state index is 0.0420. The van der Waals surface area contributed by atoms with Gasteiger partial charge in [0, 0.05) is 25.4 Å². The fourth-order valence-electron chi connectivity index (χ4n) is 3.62. The van der Waals surface area contributed by atoms with Crippen LogP contribution in [0.2, 0.25) is 10.0 Å². The van der Waals surface area contributed by atoms with Crippen LogP contribution in [0.25, 0.3) is 11.5 Å². The Labute approximate surface area is 177 Å². The van der Waals surface area contributed by atoms with Gasteiger partial charge in [0.25, 0.3) is 0 Å². The van der Waals surface area contributed by atoms with E-state index in [1.54, 1.807) is 24.9 Å². The SMILES string of the molecule is CN=C(c1ccc(Cl)c(Cl)c1)C(C)Sc1n[nH]c(-c2nn(C)c3c2CCC3)n1. The van der Waals surface area contributed by atoms with Gasteiger partial charge < -0.3 is 0 Å². The second kappa shape index (κ2) is 7.89. The minimum absolute atomic E-state index is 0.0420. The molecule has 3 aromatic rings. The number of thioether (sulfide) groups is 1. The van der Waals surface area contributed by atoms with Gasteiger partial charge in [-0.3, -0.25) is 14.8 Å². The maximum atomic E-state index is 6.17. The number of aryl methyl sites for hydroxylation is 1. The predicted octanol–water partition coefficient (Wildman–Crippen LogP) is 4.60. The zero-order valence-corrected chi connectivity index (χ0v) is 18.2. The van der Waals surface area contributed by atoms with Gasteiger partial charge in [-0.15, -0.1) is 5.10 Å². The Bertz CT molecular complexity index is 1050. The molecule has 146 valence electrons. The highest BCUT2D eigenvalue weighted by atomic mass is 35.5. The third-order valence-electron chi connectivity index (χ3n) is 4.93. The highest BCUT2D eigenvalue weighted by Gasteiger charge is 2.24. The van der Waals surface area contributed by atoms with E-state index in [4.69, 9.17) is 23.2 Å². The standard InChI is InChI=1S/C19H20Cl2N6S/c1-10(16(22-2)11-7-8-13(20)14(21)9-11)28-19-23-18(24-25-19)17-12-5-4-6-15(12)27(3)26-17/h7-10H,4-6H2,1-3H3,(H,23,24,25). The third-order valence-corrected chi connectivity index (χ3v) is 6.64. The van der Waals surface area contributed by atoms with Crippen molar-refractivity contribution in [3.8, 4) is 11.5 Å². The van der Waals surface area contributed by atoms with Crippen LogP contribution in [0.15, 0.2) is 28.3 Å². The molecule has 6 nitrogen and oxygen atoms in total. The van der Waals surface area contributed by atoms with Crippen molar-refractivity contribution in [1.82, 2.24) is 25.0 Å². The number of benzene rings is 1. The summed E-state index contributed by atoms with van der Waals surface area (Å²) in [5.74, 6) is 0.720. The molecule has 0 bridgehead atoms. The number of H-pyrrole nitrogens is 1. The van der Waals surface area contributed by atoms with Crippen LogP contribution in [0.3, 0.4) is 0 Å². The zero-order valence-electron chi connectivity index (χ0n) is 15.8. The van der Waals surface area contributed by atoms with Crippen molar-refractivity contribution in [3.05, 3.63) is 45.1 Å². The molecule has 9 heteroatoms. The number of nitrogens with zero attached hydrogens (tertiary/aromatic N) is 5. The van der Waals surface area contributed by atoms with Crippen molar-refractivity contribution in [2.45, 2.75) is 36.6 Å². The Morgan fingerprint density at radius 1 is 1.29 bits per heavy atom. The average Bonchev–Trinajstić information content (AvgIpc) is 3.37. The van der Waals surface area contributed by atoms with Crippen molar-refractivity contribution < 1.29 is 0 Å². The van der Waals surface area contributed by atoms with E-state index in [2.05, 4.69) is 32.2 Å². The maximum absolute atomic E-state index is 6.17. The highest BCUT2D eigenvalue weighted by Crippen LogP contribution is 2.32. The number of aromatic nitrogens is 5. The van der Waals surface area contributed by atoms with Gasteiger partial charge in [-0.1, -0.05) is 41.0 Å². The van der Waals surface area contributed by atoms with Gasteiger partial charge in [-0.2, -0.15) is 10.1 Å². The van der Waals surface area contributed by atoms with E-state index in [0.29, 0.717) is 15.2 Å². The number of nitrogens with one attached hydrogen (secondary N) is 1. The second-order valence-corrected chi connectivity index (χ2v) is 8.84. The molecule has 4 rings (SSSR count). The van der Waals surface area contributed by atoms with Crippen molar-refractivity contribution in [2.24, 2.45) is 12.0 Å². The molecule has 0 saturated heterocycles. The van der Waals surface area contributed by atoms with Crippen molar-refractivity contribution in [1.29, 1.82) is 0 Å². The Hall–Kier alpha value is -1.83. The third kappa shape index (κ3) is 3.58. The Morgan fingerprint density at radius 3 is 2.86 bits per heavy atom. The summed E-state index contributed by atoms with van der Waals surface area (Å²) < 4.78 is 1.96. The first-order chi connectivity index (χ1) is 13.5. The molecule has 1 aliphatic carbocycles. The normalized spacial score (nSPS) is 15.1. The van der Waals surface area contributed by atoms with Crippen molar-refractivity contribution in [2.75, 3.05) is 7.05 Å². The van der Waals surface area contributed by atoms with Gasteiger partial charge in [0.15, 0.2) is 5.82 Å². The first-order valence-corrected chi connectivity index (χ1v) is 10.7. The zero-order chi connectivity index (χ0) is 19.8. The highest BCUT2D eigenvalue weighted by molar-refractivity contribution is 8.00. The van der Waals surface area contributed by atoms with Crippen LogP contribution in [-0.4, -0.2) is 43.0 Å². The summed E-state index contributed by atoms with van der Waals surface area (Å²) in [6.07, 6.45) is 3.29. The molecule has 1 N–H and O–H groups in total. The van der Waals surface area contributed by atoms with Crippen LogP contribution in [0, 0.1) is 0 Å². The quantitative estimate of drug-likeness (QED) is 0.470. The number of hydrogen-bond acceptors (Lipinski definition) is 5. The van der Waals surface area contributed by atoms with E-state index in [1.165, 1.54) is 17.7 Å². The smallest absolute Gasteiger partial charge is 0.209 e. The molecule has 1 aliphatic rings. The summed E-state index contributed by atoms with van der Waals surface area (Å²) in [6.45, 7) is 2.07. The van der Waals surface area contributed by atoms with E-state index in [-0.39, 0.29) is 5.25 Å². The number of hydrogen-bond donors (Lipinski definition) is 1. The second-order valence-electron chi connectivity index (χ2n) is 6.72. The monoisotopic (exact) mass is 434 g/mol. The molecule has 0 saturated carbocycles. The van der Waals surface area contributed by atoms with Crippen LogP contribution < -0.4 is 0 Å². The molecule has 28 heavy (non-hydrogen) atoms. The van der Waals surface area contributed by atoms with Crippen LogP contribution >= 0.6 is 35.0 Å². The molecular formula is C19H20Cl2N6S. The lowest BCUT2D eigenvalue weighted by Gasteiger charge is -2.13. The average molecular weight is 435 g/mol. The van der Waals surface area contributed by atoms with Crippen LogP contribution in [0.4, 0.5) is 0 Å². The fourth-order valence-corrected chi connectivity index (χ4v) is 4.83. The van der Waals surface area contributed by atoms with E-state index < -0.39 is 0 Å². The molecule has 0 aliphatic heterocycles. The first kappa shape index (κ1) is 19.5. The Kier molecular flexibility index (Phi) is 5.49. The summed E-state index contributed by atoms with van der Waals surface area (Å²) >= 11 is 13.7. The number of halogens is 2. The van der Waals surface area contributed by atoms with Crippen molar-refractivity contribution in [3.63, 3.8) is 0 Å². The molecule has 1 aromatic carbocycles. The molecule has 1 atom stereocenters. The van der Waals surface area contributed by atoms with Crippen LogP contribution in [-0.2, 0) is 19.9 Å². The maximum Gasteiger partial charge on any atom is 0.209 e. The largest absolute Gasteiger partial charge is 0.291 e. The van der Waals surface area contributed by atoms with Crippen molar-refractivity contribution >= 4 is 40.7 Å². The van der Waals surface area contributed by atoms with Crippen LogP contribution in [0.1, 0.15) is 30.2 Å². The van der Waals surface area contributed by atoms with Gasteiger partial charge in [0.1, 0.15) is 5.69 Å². The lowest BCUT2D eigenvalue weighted by Crippen LogP contribution is -2.15. The number of rotatable bonds is 5. The molecule has 0 amide bonds. The molecule has 1 unspecified atom stereocenters. The summed E-state index contributed by atoms with van der Waals surface area (Å²) in [5.41, 5.74) is 5.35. The Morgan fingerprint density at radius 2 is 2.11 bits per heavy atom. The predicted molar refractivity (Wildman–Crippen MR) is 115 cm³/mol. The summed E-state index contributed by atoms with van der Waals surface area (Å²) in [6, 6.07) is 5.55. The summed E-state index contributed by atoms with van der Waals surface area (Å²) in [4.78, 5) is 9.12. The van der Waals surface area contributed by atoms with Gasteiger partial charge >= 0.3 is 0 Å². The molecule has 2 heterocycles. The molecule has 0 radical (unpaired) electrons. The van der Waals surface area contributed by atoms with Gasteiger partial charge in [-0.05, 0) is 43.9 Å². The lowest BCUT2D eigenvalue weighted by molar-refractivity contribution is 0.708. The number of aliphatic imine (C=N–C) groups is 1. The van der Waals surface area contributed by atoms with Gasteiger partial charge in [0.2, 0.25) is 5.16 Å². The lowest BCUT2D eigenvalue weighted by atomic mass is 10.1. The summed E-state index contributed by atoms with van der Waals surface area (Å²) in [5, 5.41) is 13.8. The number of aromatic amines is 1. The molecular weight excluding hydrogens is 415 g/mol. The van der Waals surface area contributed by atoms with E-state index >= 15 is 0 Å². The van der Waals surface area contributed by atoms with Crippen LogP contribution in [0.5, 0.6) is 0 Å². The molecule has 2 aromatic heterocycles. The van der Waals surface area contributed by atoms with E-state index in [1.807, 2.05) is 23.9 Å². The topological polar surface area (TPSA) is 71.8 Å². The first-order valence-electron chi connectivity index (χ1n) is 9.04. The molecule has 0 fully saturated rings.